The number of ether oxygens (including phenoxy) is 1. The lowest BCUT2D eigenvalue weighted by atomic mass is 9.95. The lowest BCUT2D eigenvalue weighted by molar-refractivity contribution is 0.0675. The number of ketones is 1. The average molecular weight is 486 g/mol. The molecule has 0 heterocycles. The van der Waals surface area contributed by atoms with E-state index in [0.717, 1.165) is 5.56 Å². The van der Waals surface area contributed by atoms with Crippen LogP contribution < -0.4 is 20.4 Å². The van der Waals surface area contributed by atoms with Gasteiger partial charge in [-0.2, -0.15) is 0 Å². The molecule has 0 saturated carbocycles. The van der Waals surface area contributed by atoms with Gasteiger partial charge in [-0.25, -0.2) is 5.09 Å². The van der Waals surface area contributed by atoms with Gasteiger partial charge < -0.3 is 9.84 Å². The Bertz CT molecular complexity index is 1280. The van der Waals surface area contributed by atoms with Gasteiger partial charge in [0.1, 0.15) is 11.9 Å². The van der Waals surface area contributed by atoms with Gasteiger partial charge in [0, 0.05) is 10.6 Å². The minimum atomic E-state index is -3.45. The molecule has 35 heavy (non-hydrogen) atoms. The molecule has 0 aromatic heterocycles. The zero-order valence-electron chi connectivity index (χ0n) is 19.7. The zero-order valence-corrected chi connectivity index (χ0v) is 20.6. The zero-order chi connectivity index (χ0) is 24.8. The summed E-state index contributed by atoms with van der Waals surface area (Å²) in [6, 6.07) is 31.5. The van der Waals surface area contributed by atoms with Gasteiger partial charge in [0.2, 0.25) is 7.29 Å². The molecule has 4 aromatic rings. The van der Waals surface area contributed by atoms with Crippen molar-refractivity contribution >= 4 is 23.7 Å². The van der Waals surface area contributed by atoms with Crippen molar-refractivity contribution in [1.82, 2.24) is 5.09 Å². The minimum absolute atomic E-state index is 0.260. The van der Waals surface area contributed by atoms with Gasteiger partial charge in [0.15, 0.2) is 5.78 Å². The number of aliphatic hydroxyl groups excluding tert-OH is 1. The van der Waals surface area contributed by atoms with Crippen LogP contribution in [0.3, 0.4) is 0 Å². The SMILES string of the molecule is COc1ccccc1C(=O)[C@H](O)[C@H](NP(=O)(c1ccccc1)c1ccccc1)c1ccc(C)cc1. The van der Waals surface area contributed by atoms with Gasteiger partial charge in [-0.3, -0.25) is 9.36 Å². The fourth-order valence-corrected chi connectivity index (χ4v) is 6.49. The smallest absolute Gasteiger partial charge is 0.205 e. The molecule has 0 aliphatic carbocycles. The Labute approximate surface area is 205 Å². The van der Waals surface area contributed by atoms with Gasteiger partial charge in [0.05, 0.1) is 18.7 Å². The molecule has 0 radical (unpaired) electrons. The summed E-state index contributed by atoms with van der Waals surface area (Å²) >= 11 is 0. The molecule has 6 heteroatoms. The molecule has 178 valence electrons. The maximum absolute atomic E-state index is 14.7. The number of hydrogen-bond acceptors (Lipinski definition) is 4. The van der Waals surface area contributed by atoms with E-state index in [1.54, 1.807) is 48.5 Å². The molecular formula is C29H28NO4P. The summed E-state index contributed by atoms with van der Waals surface area (Å²) in [6.07, 6.45) is -1.52. The lowest BCUT2D eigenvalue weighted by Gasteiger charge is -2.30. The molecule has 2 N–H and O–H groups in total. The molecule has 5 nitrogen and oxygen atoms in total. The molecule has 4 rings (SSSR count). The molecule has 2 atom stereocenters. The number of carbonyl (C=O) groups excluding carboxylic acids is 1. The normalized spacial score (nSPS) is 13.1. The predicted molar refractivity (Wildman–Crippen MR) is 140 cm³/mol. The van der Waals surface area contributed by atoms with Gasteiger partial charge in [-0.15, -0.1) is 0 Å². The van der Waals surface area contributed by atoms with Crippen LogP contribution in [0.15, 0.2) is 109 Å². The molecule has 0 unspecified atom stereocenters. The van der Waals surface area contributed by atoms with Crippen molar-refractivity contribution < 1.29 is 19.2 Å². The summed E-state index contributed by atoms with van der Waals surface area (Å²) in [6.45, 7) is 1.96. The first-order valence-corrected chi connectivity index (χ1v) is 13.1. The highest BCUT2D eigenvalue weighted by molar-refractivity contribution is 7.76. The minimum Gasteiger partial charge on any atom is -0.496 e. The maximum atomic E-state index is 14.7. The molecule has 0 aliphatic heterocycles. The third-order valence-corrected chi connectivity index (χ3v) is 8.65. The second kappa shape index (κ2) is 10.8. The highest BCUT2D eigenvalue weighted by atomic mass is 31.2. The van der Waals surface area contributed by atoms with Crippen molar-refractivity contribution in [2.45, 2.75) is 19.1 Å². The van der Waals surface area contributed by atoms with Crippen LogP contribution in [-0.2, 0) is 4.57 Å². The Hall–Kier alpha value is -3.50. The summed E-state index contributed by atoms with van der Waals surface area (Å²) < 4.78 is 20.0. The van der Waals surface area contributed by atoms with Gasteiger partial charge >= 0.3 is 0 Å². The second-order valence-corrected chi connectivity index (χ2v) is 10.8. The Morgan fingerprint density at radius 3 is 1.86 bits per heavy atom. The second-order valence-electron chi connectivity index (χ2n) is 8.31. The maximum Gasteiger partial charge on any atom is 0.205 e. The number of hydrogen-bond donors (Lipinski definition) is 2. The summed E-state index contributed by atoms with van der Waals surface area (Å²) in [4.78, 5) is 13.5. The molecule has 0 amide bonds. The van der Waals surface area contributed by atoms with E-state index in [9.17, 15) is 14.5 Å². The van der Waals surface area contributed by atoms with Crippen LogP contribution in [-0.4, -0.2) is 24.1 Å². The highest BCUT2D eigenvalue weighted by Gasteiger charge is 2.37. The van der Waals surface area contributed by atoms with Crippen molar-refractivity contribution in [2.75, 3.05) is 7.11 Å². The fourth-order valence-electron chi connectivity index (χ4n) is 4.03. The highest BCUT2D eigenvalue weighted by Crippen LogP contribution is 2.43. The first-order valence-electron chi connectivity index (χ1n) is 11.3. The van der Waals surface area contributed by atoms with E-state index in [2.05, 4.69) is 5.09 Å². The number of para-hydroxylation sites is 1. The van der Waals surface area contributed by atoms with E-state index < -0.39 is 25.2 Å². The van der Waals surface area contributed by atoms with Crippen molar-refractivity contribution in [3.63, 3.8) is 0 Å². The molecule has 0 fully saturated rings. The van der Waals surface area contributed by atoms with E-state index in [1.807, 2.05) is 67.6 Å². The number of Topliss-reactive ketones (excluding diaryl/α,β-unsaturated/α-hetero) is 1. The lowest BCUT2D eigenvalue weighted by Crippen LogP contribution is -2.40. The van der Waals surface area contributed by atoms with Crippen molar-refractivity contribution in [2.24, 2.45) is 0 Å². The van der Waals surface area contributed by atoms with Crippen molar-refractivity contribution in [3.8, 4) is 5.75 Å². The first kappa shape index (κ1) is 24.6. The summed E-state index contributed by atoms with van der Waals surface area (Å²) in [5.74, 6) is -0.151. The fraction of sp³-hybridized carbons (Fsp3) is 0.138. The van der Waals surface area contributed by atoms with Crippen LogP contribution in [0.4, 0.5) is 0 Å². The number of nitrogens with one attached hydrogen (secondary N) is 1. The number of carbonyl (C=O) groups is 1. The quantitative estimate of drug-likeness (QED) is 0.263. The van der Waals surface area contributed by atoms with Gasteiger partial charge in [-0.1, -0.05) is 78.4 Å². The third-order valence-electron chi connectivity index (χ3n) is 5.95. The van der Waals surface area contributed by atoms with E-state index in [0.29, 0.717) is 21.9 Å². The number of rotatable bonds is 9. The van der Waals surface area contributed by atoms with Crippen LogP contribution >= 0.6 is 7.29 Å². The Balaban J connectivity index is 1.82. The number of benzene rings is 4. The Kier molecular flexibility index (Phi) is 7.62. The van der Waals surface area contributed by atoms with E-state index >= 15 is 0 Å². The van der Waals surface area contributed by atoms with E-state index in [4.69, 9.17) is 4.74 Å². The monoisotopic (exact) mass is 485 g/mol. The largest absolute Gasteiger partial charge is 0.496 e. The predicted octanol–water partition coefficient (Wildman–Crippen LogP) is 4.81. The third kappa shape index (κ3) is 5.28. The average Bonchev–Trinajstić information content (AvgIpc) is 2.92. The van der Waals surface area contributed by atoms with Crippen LogP contribution in [0.2, 0.25) is 0 Å². The molecule has 0 aliphatic rings. The number of aryl methyl sites for hydroxylation is 1. The van der Waals surface area contributed by atoms with Crippen molar-refractivity contribution in [3.05, 3.63) is 126 Å². The van der Waals surface area contributed by atoms with Crippen LogP contribution in [0, 0.1) is 6.92 Å². The standard InChI is InChI=1S/C29H28NO4P/c1-21-17-19-22(20-18-21)27(29(32)28(31)25-15-9-10-16-26(25)34-2)30-35(33,23-11-5-3-6-12-23)24-13-7-4-8-14-24/h3-20,27,29,32H,1-2H3,(H,30,33)/t27-,29-/m1/s1. The molecule has 0 bridgehead atoms. The Morgan fingerprint density at radius 1 is 0.800 bits per heavy atom. The molecule has 4 aromatic carbocycles. The van der Waals surface area contributed by atoms with Crippen LogP contribution in [0.25, 0.3) is 0 Å². The summed E-state index contributed by atoms with van der Waals surface area (Å²) in [5.41, 5.74) is 1.95. The van der Waals surface area contributed by atoms with Crippen LogP contribution in [0.5, 0.6) is 5.75 Å². The molecular weight excluding hydrogens is 457 g/mol. The molecule has 0 saturated heterocycles. The van der Waals surface area contributed by atoms with Crippen LogP contribution in [0.1, 0.15) is 27.5 Å². The summed E-state index contributed by atoms with van der Waals surface area (Å²) in [7, 11) is -1.98. The van der Waals surface area contributed by atoms with E-state index in [-0.39, 0.29) is 5.56 Å². The first-order chi connectivity index (χ1) is 16.9. The Morgan fingerprint density at radius 2 is 1.31 bits per heavy atom. The van der Waals surface area contributed by atoms with Crippen molar-refractivity contribution in [1.29, 1.82) is 0 Å². The summed E-state index contributed by atoms with van der Waals surface area (Å²) in [5, 5.41) is 15.8. The van der Waals surface area contributed by atoms with E-state index in [1.165, 1.54) is 7.11 Å². The topological polar surface area (TPSA) is 75.6 Å². The molecule has 0 spiro atoms. The van der Waals surface area contributed by atoms with Gasteiger partial charge in [0.25, 0.3) is 0 Å². The number of methoxy groups -OCH3 is 1. The van der Waals surface area contributed by atoms with Gasteiger partial charge in [-0.05, 0) is 48.9 Å². The number of aliphatic hydroxyl groups is 1.